The number of aromatic nitrogens is 1. The molecule has 0 bridgehead atoms. The highest BCUT2D eigenvalue weighted by molar-refractivity contribution is 5.56. The smallest absolute Gasteiger partial charge is 0.224 e. The minimum absolute atomic E-state index is 0.444. The molecule has 0 aliphatic heterocycles. The van der Waals surface area contributed by atoms with E-state index < -0.39 is 0 Å². The first kappa shape index (κ1) is 14.0. The molecule has 0 unspecified atom stereocenters. The lowest BCUT2D eigenvalue weighted by Gasteiger charge is -2.12. The van der Waals surface area contributed by atoms with Crippen LogP contribution >= 0.6 is 0 Å². The lowest BCUT2D eigenvalue weighted by atomic mass is 10.2. The number of hydrogen-bond donors (Lipinski definition) is 1. The van der Waals surface area contributed by atoms with Crippen LogP contribution in [0.1, 0.15) is 11.3 Å². The van der Waals surface area contributed by atoms with Crippen LogP contribution in [0.25, 0.3) is 0 Å². The van der Waals surface area contributed by atoms with E-state index in [4.69, 9.17) is 20.5 Å². The van der Waals surface area contributed by atoms with Crippen molar-refractivity contribution in [3.8, 4) is 17.7 Å². The van der Waals surface area contributed by atoms with E-state index >= 15 is 0 Å². The number of nitrogen functional groups attached to an aromatic ring is 1. The molecule has 1 aromatic carbocycles. The number of aryl methyl sites for hydroxylation is 1. The Balaban J connectivity index is 2.35. The number of ether oxygens (including phenoxy) is 2. The van der Waals surface area contributed by atoms with E-state index in [9.17, 15) is 0 Å². The largest absolute Gasteiger partial charge is 0.439 e. The molecule has 5 heteroatoms. The molecule has 1 heterocycles. The zero-order valence-corrected chi connectivity index (χ0v) is 11.6. The second-order valence-corrected chi connectivity index (χ2v) is 4.46. The van der Waals surface area contributed by atoms with Crippen molar-refractivity contribution in [2.75, 3.05) is 19.5 Å². The van der Waals surface area contributed by atoms with Crippen LogP contribution < -0.4 is 10.5 Å². The minimum Gasteiger partial charge on any atom is -0.439 e. The van der Waals surface area contributed by atoms with Gasteiger partial charge in [0.25, 0.3) is 0 Å². The molecule has 1 aromatic heterocycles. The Hall–Kier alpha value is -2.45. The van der Waals surface area contributed by atoms with E-state index in [1.165, 1.54) is 0 Å². The van der Waals surface area contributed by atoms with Gasteiger partial charge in [0.15, 0.2) is 0 Å². The average molecular weight is 271 g/mol. The van der Waals surface area contributed by atoms with Gasteiger partial charge in [-0.05, 0) is 24.6 Å². The molecular weight excluding hydrogens is 254 g/mol. The van der Waals surface area contributed by atoms with Crippen molar-refractivity contribution in [2.24, 2.45) is 0 Å². The molecule has 5 nitrogen and oxygen atoms in total. The molecule has 0 aliphatic rings. The first-order chi connectivity index (χ1) is 9.65. The zero-order chi connectivity index (χ0) is 14.5. The van der Waals surface area contributed by atoms with Gasteiger partial charge in [-0.2, -0.15) is 5.26 Å². The molecule has 20 heavy (non-hydrogen) atoms. The maximum Gasteiger partial charge on any atom is 0.224 e. The Bertz CT molecular complexity index is 641. The first-order valence-electron chi connectivity index (χ1n) is 6.28. The summed E-state index contributed by atoms with van der Waals surface area (Å²) in [5, 5.41) is 9.14. The average Bonchev–Trinajstić information content (AvgIpc) is 2.73. The van der Waals surface area contributed by atoms with Gasteiger partial charge in [-0.25, -0.2) is 0 Å². The molecule has 0 saturated carbocycles. The Morgan fingerprint density at radius 1 is 1.35 bits per heavy atom. The normalized spacial score (nSPS) is 10.2. The van der Waals surface area contributed by atoms with Crippen LogP contribution in [0, 0.1) is 18.3 Å². The van der Waals surface area contributed by atoms with E-state index in [1.807, 2.05) is 31.2 Å². The molecule has 0 radical (unpaired) electrons. The Morgan fingerprint density at radius 2 is 2.15 bits per heavy atom. The van der Waals surface area contributed by atoms with Gasteiger partial charge in [0.2, 0.25) is 5.88 Å². The van der Waals surface area contributed by atoms with Gasteiger partial charge in [0.05, 0.1) is 18.8 Å². The van der Waals surface area contributed by atoms with Crippen molar-refractivity contribution in [3.05, 3.63) is 41.6 Å². The van der Waals surface area contributed by atoms with Gasteiger partial charge in [-0.1, -0.05) is 12.1 Å². The fraction of sp³-hybridized carbons (Fsp3) is 0.267. The summed E-state index contributed by atoms with van der Waals surface area (Å²) in [6.45, 7) is 2.98. The molecule has 104 valence electrons. The van der Waals surface area contributed by atoms with Crippen molar-refractivity contribution < 1.29 is 9.47 Å². The standard InChI is InChI=1S/C15H17N3O2/c1-11-4-3-5-13(8-11)20-15-14(17)9-12(10-16)18(15)6-7-19-2/h3-5,8-9H,6-7,17H2,1-2H3. The summed E-state index contributed by atoms with van der Waals surface area (Å²) in [7, 11) is 1.61. The number of methoxy groups -OCH3 is 1. The molecule has 0 spiro atoms. The lowest BCUT2D eigenvalue weighted by Crippen LogP contribution is -2.08. The van der Waals surface area contributed by atoms with Crippen molar-refractivity contribution in [2.45, 2.75) is 13.5 Å². The third kappa shape index (κ3) is 2.92. The molecule has 2 aromatic rings. The molecule has 0 atom stereocenters. The zero-order valence-electron chi connectivity index (χ0n) is 11.6. The van der Waals surface area contributed by atoms with Crippen molar-refractivity contribution >= 4 is 5.69 Å². The Morgan fingerprint density at radius 3 is 2.80 bits per heavy atom. The van der Waals surface area contributed by atoms with E-state index in [0.29, 0.717) is 36.2 Å². The van der Waals surface area contributed by atoms with Gasteiger partial charge in [0.1, 0.15) is 17.5 Å². The van der Waals surface area contributed by atoms with E-state index in [2.05, 4.69) is 6.07 Å². The number of anilines is 1. The minimum atomic E-state index is 0.444. The molecule has 0 fully saturated rings. The fourth-order valence-corrected chi connectivity index (χ4v) is 1.95. The third-order valence-electron chi connectivity index (χ3n) is 2.91. The topological polar surface area (TPSA) is 73.2 Å². The highest BCUT2D eigenvalue weighted by Gasteiger charge is 2.15. The molecule has 0 saturated heterocycles. The van der Waals surface area contributed by atoms with Crippen LogP contribution in [0.2, 0.25) is 0 Å². The third-order valence-corrected chi connectivity index (χ3v) is 2.91. The van der Waals surface area contributed by atoms with E-state index in [1.54, 1.807) is 17.7 Å². The first-order valence-corrected chi connectivity index (χ1v) is 6.28. The van der Waals surface area contributed by atoms with Crippen LogP contribution in [0.3, 0.4) is 0 Å². The number of nitriles is 1. The van der Waals surface area contributed by atoms with E-state index in [0.717, 1.165) is 5.56 Å². The monoisotopic (exact) mass is 271 g/mol. The fourth-order valence-electron chi connectivity index (χ4n) is 1.95. The van der Waals surface area contributed by atoms with Gasteiger partial charge >= 0.3 is 0 Å². The van der Waals surface area contributed by atoms with Crippen molar-refractivity contribution in [1.82, 2.24) is 4.57 Å². The Kier molecular flexibility index (Phi) is 4.28. The second kappa shape index (κ2) is 6.13. The van der Waals surface area contributed by atoms with Crippen molar-refractivity contribution in [1.29, 1.82) is 5.26 Å². The number of hydrogen-bond acceptors (Lipinski definition) is 4. The second-order valence-electron chi connectivity index (χ2n) is 4.46. The Labute approximate surface area is 118 Å². The predicted molar refractivity (Wildman–Crippen MR) is 76.7 cm³/mol. The summed E-state index contributed by atoms with van der Waals surface area (Å²) in [6.07, 6.45) is 0. The summed E-state index contributed by atoms with van der Waals surface area (Å²) >= 11 is 0. The number of benzene rings is 1. The molecular formula is C15H17N3O2. The number of rotatable bonds is 5. The van der Waals surface area contributed by atoms with E-state index in [-0.39, 0.29) is 0 Å². The summed E-state index contributed by atoms with van der Waals surface area (Å²) in [4.78, 5) is 0. The van der Waals surface area contributed by atoms with Gasteiger partial charge in [0, 0.05) is 13.2 Å². The summed E-state index contributed by atoms with van der Waals surface area (Å²) in [5.74, 6) is 1.17. The van der Waals surface area contributed by atoms with Crippen LogP contribution in [-0.4, -0.2) is 18.3 Å². The predicted octanol–water partition coefficient (Wildman–Crippen LogP) is 2.69. The van der Waals surface area contributed by atoms with Crippen LogP contribution in [0.15, 0.2) is 30.3 Å². The summed E-state index contributed by atoms with van der Waals surface area (Å²) in [5.41, 5.74) is 7.94. The van der Waals surface area contributed by atoms with Crippen LogP contribution in [0.5, 0.6) is 11.6 Å². The van der Waals surface area contributed by atoms with Gasteiger partial charge in [-0.3, -0.25) is 4.57 Å². The van der Waals surface area contributed by atoms with Gasteiger partial charge < -0.3 is 15.2 Å². The van der Waals surface area contributed by atoms with Crippen LogP contribution in [-0.2, 0) is 11.3 Å². The maximum atomic E-state index is 9.14. The maximum absolute atomic E-state index is 9.14. The quantitative estimate of drug-likeness (QED) is 0.907. The summed E-state index contributed by atoms with van der Waals surface area (Å²) < 4.78 is 12.6. The van der Waals surface area contributed by atoms with Gasteiger partial charge in [-0.15, -0.1) is 0 Å². The van der Waals surface area contributed by atoms with Crippen LogP contribution in [0.4, 0.5) is 5.69 Å². The highest BCUT2D eigenvalue weighted by atomic mass is 16.5. The molecule has 0 aliphatic carbocycles. The lowest BCUT2D eigenvalue weighted by molar-refractivity contribution is 0.184. The highest BCUT2D eigenvalue weighted by Crippen LogP contribution is 2.31. The summed E-state index contributed by atoms with van der Waals surface area (Å²) in [6, 6.07) is 11.4. The SMILES string of the molecule is COCCn1c(C#N)cc(N)c1Oc1cccc(C)c1. The van der Waals surface area contributed by atoms with Crippen molar-refractivity contribution in [3.63, 3.8) is 0 Å². The molecule has 2 N–H and O–H groups in total. The number of nitrogens with zero attached hydrogens (tertiary/aromatic N) is 2. The molecule has 2 rings (SSSR count). The molecule has 0 amide bonds. The number of nitrogens with two attached hydrogens (primary N) is 1.